The van der Waals surface area contributed by atoms with E-state index in [4.69, 9.17) is 0 Å². The number of hydrogen-bond donors (Lipinski definition) is 0. The molecule has 0 N–H and O–H groups in total. The molecular weight excluding hydrogens is 272 g/mol. The van der Waals surface area contributed by atoms with Gasteiger partial charge in [-0.3, -0.25) is 0 Å². The highest BCUT2D eigenvalue weighted by molar-refractivity contribution is 8.36. The van der Waals surface area contributed by atoms with Gasteiger partial charge in [-0.25, -0.2) is 0 Å². The smallest absolute Gasteiger partial charge is 0.00212 e. The molecule has 108 valence electrons. The second-order valence-corrected chi connectivity index (χ2v) is 8.10. The van der Waals surface area contributed by atoms with Gasteiger partial charge in [-0.05, 0) is 52.1 Å². The zero-order valence-electron chi connectivity index (χ0n) is 12.7. The van der Waals surface area contributed by atoms with Crippen LogP contribution in [0.5, 0.6) is 0 Å². The van der Waals surface area contributed by atoms with Crippen LogP contribution in [0.2, 0.25) is 0 Å². The van der Waals surface area contributed by atoms with Crippen molar-refractivity contribution in [3.8, 4) is 0 Å². The normalized spacial score (nSPS) is 13.3. The lowest BCUT2D eigenvalue weighted by Crippen LogP contribution is -2.02. The first-order valence-electron chi connectivity index (χ1n) is 7.07. The molecule has 0 aliphatic carbocycles. The van der Waals surface area contributed by atoms with Crippen LogP contribution in [0.15, 0.2) is 106 Å². The first-order chi connectivity index (χ1) is 10.2. The monoisotopic (exact) mass is 294 g/mol. The van der Waals surface area contributed by atoms with E-state index in [1.54, 1.807) is 0 Å². The van der Waals surface area contributed by atoms with E-state index in [1.807, 2.05) is 6.08 Å². The fraction of sp³-hybridized carbons (Fsp3) is 0.100. The van der Waals surface area contributed by atoms with Crippen molar-refractivity contribution in [2.24, 2.45) is 0 Å². The largest absolute Gasteiger partial charge is 0.163 e. The van der Waals surface area contributed by atoms with Crippen molar-refractivity contribution in [1.82, 2.24) is 0 Å². The number of hydrogen-bond acceptors (Lipinski definition) is 0. The van der Waals surface area contributed by atoms with E-state index in [1.165, 1.54) is 14.7 Å². The van der Waals surface area contributed by atoms with Crippen LogP contribution in [0.25, 0.3) is 0 Å². The maximum Gasteiger partial charge on any atom is -0.00212 e. The fourth-order valence-corrected chi connectivity index (χ4v) is 5.40. The van der Waals surface area contributed by atoms with Gasteiger partial charge in [0.25, 0.3) is 0 Å². The van der Waals surface area contributed by atoms with Crippen molar-refractivity contribution in [3.05, 3.63) is 96.5 Å². The average Bonchev–Trinajstić information content (AvgIpc) is 2.55. The highest BCUT2D eigenvalue weighted by atomic mass is 32.3. The summed E-state index contributed by atoms with van der Waals surface area (Å²) in [5.74, 6) is 0. The van der Waals surface area contributed by atoms with E-state index >= 15 is 0 Å². The third-order valence-electron chi connectivity index (χ3n) is 3.51. The van der Waals surface area contributed by atoms with Crippen LogP contribution >= 0.6 is 10.0 Å². The Bertz CT molecular complexity index is 597. The Balaban J connectivity index is 2.70. The quantitative estimate of drug-likeness (QED) is 0.577. The van der Waals surface area contributed by atoms with E-state index in [9.17, 15) is 0 Å². The Kier molecular flexibility index (Phi) is 5.24. The summed E-state index contributed by atoms with van der Waals surface area (Å²) in [6.07, 6.45) is 10.7. The zero-order chi connectivity index (χ0) is 15.1. The maximum absolute atomic E-state index is 3.89. The molecule has 0 bridgehead atoms. The molecule has 0 saturated heterocycles. The summed E-state index contributed by atoms with van der Waals surface area (Å²) in [7, 11) is -1.26. The van der Waals surface area contributed by atoms with E-state index in [0.29, 0.717) is 0 Å². The standard InChI is InChI=1S/C20H22S/c1-4-12-18(13-5-2)21(3,19-14-8-6-9-15-19)20-16-10-7-11-17-20/h4-17H,1H2,2-3H3/b13-5-,18-12+. The third kappa shape index (κ3) is 3.20. The van der Waals surface area contributed by atoms with Gasteiger partial charge in [-0.15, -0.1) is 0 Å². The van der Waals surface area contributed by atoms with Crippen LogP contribution in [0.3, 0.4) is 0 Å². The lowest BCUT2D eigenvalue weighted by Gasteiger charge is -2.38. The minimum absolute atomic E-state index is 1.26. The molecule has 0 radical (unpaired) electrons. The topological polar surface area (TPSA) is 0 Å². The molecule has 0 aliphatic rings. The van der Waals surface area contributed by atoms with Crippen molar-refractivity contribution in [1.29, 1.82) is 0 Å². The average molecular weight is 294 g/mol. The van der Waals surface area contributed by atoms with Gasteiger partial charge in [-0.1, -0.05) is 67.3 Å². The molecule has 2 aromatic carbocycles. The molecular formula is C20H22S. The van der Waals surface area contributed by atoms with Crippen LogP contribution in [-0.4, -0.2) is 6.26 Å². The highest BCUT2D eigenvalue weighted by Gasteiger charge is 2.25. The summed E-state index contributed by atoms with van der Waals surface area (Å²) in [6, 6.07) is 21.5. The number of rotatable bonds is 5. The molecule has 0 aliphatic heterocycles. The van der Waals surface area contributed by atoms with Gasteiger partial charge < -0.3 is 0 Å². The Morgan fingerprint density at radius 1 is 0.905 bits per heavy atom. The highest BCUT2D eigenvalue weighted by Crippen LogP contribution is 2.65. The SMILES string of the molecule is C=C/C=C(\C=C/C)S(C)(c1ccccc1)c1ccccc1. The summed E-state index contributed by atoms with van der Waals surface area (Å²) in [4.78, 5) is 4.04. The predicted molar refractivity (Wildman–Crippen MR) is 96.0 cm³/mol. The first kappa shape index (κ1) is 15.4. The van der Waals surface area contributed by atoms with Crippen LogP contribution in [0, 0.1) is 0 Å². The Hall–Kier alpha value is -1.99. The van der Waals surface area contributed by atoms with Crippen molar-refractivity contribution >= 4 is 10.0 Å². The van der Waals surface area contributed by atoms with Crippen LogP contribution in [0.1, 0.15) is 6.92 Å². The Labute approximate surface area is 129 Å². The van der Waals surface area contributed by atoms with Gasteiger partial charge >= 0.3 is 0 Å². The van der Waals surface area contributed by atoms with E-state index in [0.717, 1.165) is 0 Å². The molecule has 0 aromatic heterocycles. The molecule has 0 heterocycles. The predicted octanol–water partition coefficient (Wildman–Crippen LogP) is 6.19. The summed E-state index contributed by atoms with van der Waals surface area (Å²) in [5.41, 5.74) is 0. The van der Waals surface area contributed by atoms with Gasteiger partial charge in [0.05, 0.1) is 0 Å². The lowest BCUT2D eigenvalue weighted by molar-refractivity contribution is 1.36. The van der Waals surface area contributed by atoms with Crippen molar-refractivity contribution in [3.63, 3.8) is 0 Å². The minimum atomic E-state index is -1.26. The molecule has 0 saturated carbocycles. The van der Waals surface area contributed by atoms with E-state index < -0.39 is 10.0 Å². The van der Waals surface area contributed by atoms with Crippen molar-refractivity contribution < 1.29 is 0 Å². The minimum Gasteiger partial charge on any atom is -0.163 e. The molecule has 0 nitrogen and oxygen atoms in total. The lowest BCUT2D eigenvalue weighted by atomic mass is 10.4. The van der Waals surface area contributed by atoms with Crippen LogP contribution in [-0.2, 0) is 0 Å². The molecule has 2 rings (SSSR count). The van der Waals surface area contributed by atoms with Crippen molar-refractivity contribution in [2.75, 3.05) is 6.26 Å². The Morgan fingerprint density at radius 2 is 1.38 bits per heavy atom. The van der Waals surface area contributed by atoms with Gasteiger partial charge in [0.15, 0.2) is 0 Å². The molecule has 0 fully saturated rings. The molecule has 0 atom stereocenters. The van der Waals surface area contributed by atoms with Crippen LogP contribution in [0.4, 0.5) is 0 Å². The summed E-state index contributed by atoms with van der Waals surface area (Å²) >= 11 is 0. The van der Waals surface area contributed by atoms with Gasteiger partial charge in [-0.2, -0.15) is 10.0 Å². The summed E-state index contributed by atoms with van der Waals surface area (Å²) in [6.45, 7) is 5.95. The fourth-order valence-electron chi connectivity index (χ4n) is 2.40. The summed E-state index contributed by atoms with van der Waals surface area (Å²) < 4.78 is 0. The zero-order valence-corrected chi connectivity index (χ0v) is 13.5. The summed E-state index contributed by atoms with van der Waals surface area (Å²) in [5, 5.41) is 0. The first-order valence-corrected chi connectivity index (χ1v) is 9.11. The molecule has 21 heavy (non-hydrogen) atoms. The molecule has 2 aromatic rings. The Morgan fingerprint density at radius 3 is 1.76 bits per heavy atom. The van der Waals surface area contributed by atoms with Gasteiger partial charge in [0, 0.05) is 0 Å². The molecule has 0 amide bonds. The van der Waals surface area contributed by atoms with E-state index in [-0.39, 0.29) is 0 Å². The second kappa shape index (κ2) is 7.14. The van der Waals surface area contributed by atoms with Gasteiger partial charge in [0.1, 0.15) is 0 Å². The number of allylic oxidation sites excluding steroid dienone is 4. The van der Waals surface area contributed by atoms with Gasteiger partial charge in [0.2, 0.25) is 0 Å². The maximum atomic E-state index is 3.89. The third-order valence-corrected chi connectivity index (χ3v) is 7.16. The van der Waals surface area contributed by atoms with Crippen molar-refractivity contribution in [2.45, 2.75) is 16.7 Å². The number of benzene rings is 2. The molecule has 1 heteroatoms. The van der Waals surface area contributed by atoms with E-state index in [2.05, 4.69) is 98.7 Å². The molecule has 0 spiro atoms. The molecule has 0 unspecified atom stereocenters. The second-order valence-electron chi connectivity index (χ2n) is 4.85. The van der Waals surface area contributed by atoms with Crippen LogP contribution < -0.4 is 0 Å².